The number of rotatable bonds is 9. The molecule has 1 unspecified atom stereocenters. The first-order valence-corrected chi connectivity index (χ1v) is 13.2. The molecule has 4 atom stereocenters. The van der Waals surface area contributed by atoms with Crippen LogP contribution in [0.1, 0.15) is 46.0 Å². The molecule has 1 aliphatic heterocycles. The van der Waals surface area contributed by atoms with Gasteiger partial charge in [-0.2, -0.15) is 25.3 Å². The molecule has 0 aliphatic carbocycles. The van der Waals surface area contributed by atoms with Crippen LogP contribution in [0.3, 0.4) is 0 Å². The Bertz CT molecular complexity index is 868. The molecule has 0 radical (unpaired) electrons. The lowest BCUT2D eigenvalue weighted by Gasteiger charge is -2.26. The number of hydrogen-bond donors (Lipinski definition) is 7. The van der Waals surface area contributed by atoms with E-state index in [0.29, 0.717) is 12.2 Å². The first kappa shape index (κ1) is 32.3. The third kappa shape index (κ3) is 12.4. The average molecular weight is 561 g/mol. The van der Waals surface area contributed by atoms with E-state index in [9.17, 15) is 28.8 Å². The van der Waals surface area contributed by atoms with Crippen molar-refractivity contribution >= 4 is 60.8 Å². The number of hydrogen-bond acceptors (Lipinski definition) is 9. The van der Waals surface area contributed by atoms with Gasteiger partial charge in [-0.05, 0) is 37.0 Å². The zero-order valence-electron chi connectivity index (χ0n) is 20.9. The van der Waals surface area contributed by atoms with Crippen LogP contribution in [0.2, 0.25) is 0 Å². The van der Waals surface area contributed by atoms with Crippen molar-refractivity contribution in [2.45, 2.75) is 70.2 Å². The lowest BCUT2D eigenvalue weighted by molar-refractivity contribution is -0.149. The standard InChI is InChI=1S/C23H36N4O8S2/c1-13(2)20-23(34)24-11-19(31)35-14(6-4-3-5-9-36)10-17(28)25-15(7-8-18(29)30)21(32)26-16(12-37)22(33)27-20/h4,6,13-16,20,36-37H,3,5,7-12H2,1-2H3,(H,24,34)(H,25,28)(H,26,32)(H,27,33)(H,29,30)/b6-4+/t14?,15-,16-,20-/m0/s1. The molecule has 208 valence electrons. The summed E-state index contributed by atoms with van der Waals surface area (Å²) in [5.74, 6) is -4.64. The summed E-state index contributed by atoms with van der Waals surface area (Å²) in [5.41, 5.74) is 0. The maximum Gasteiger partial charge on any atom is 0.326 e. The Morgan fingerprint density at radius 2 is 1.73 bits per heavy atom. The van der Waals surface area contributed by atoms with E-state index in [-0.39, 0.29) is 24.5 Å². The molecule has 0 bridgehead atoms. The van der Waals surface area contributed by atoms with E-state index in [0.717, 1.165) is 6.42 Å². The highest BCUT2D eigenvalue weighted by Crippen LogP contribution is 2.08. The second-order valence-corrected chi connectivity index (χ2v) is 9.58. The molecule has 0 spiro atoms. The van der Waals surface area contributed by atoms with Crippen LogP contribution in [0, 0.1) is 5.92 Å². The van der Waals surface area contributed by atoms with Crippen molar-refractivity contribution in [1.82, 2.24) is 21.3 Å². The Morgan fingerprint density at radius 1 is 1.05 bits per heavy atom. The van der Waals surface area contributed by atoms with Gasteiger partial charge in [0, 0.05) is 12.2 Å². The molecule has 37 heavy (non-hydrogen) atoms. The van der Waals surface area contributed by atoms with Gasteiger partial charge in [0.25, 0.3) is 0 Å². The maximum atomic E-state index is 12.9. The summed E-state index contributed by atoms with van der Waals surface area (Å²) in [7, 11) is 0. The zero-order valence-corrected chi connectivity index (χ0v) is 22.7. The van der Waals surface area contributed by atoms with Crippen molar-refractivity contribution in [1.29, 1.82) is 0 Å². The minimum absolute atomic E-state index is 0.130. The lowest BCUT2D eigenvalue weighted by Crippen LogP contribution is -2.58. The van der Waals surface area contributed by atoms with Gasteiger partial charge >= 0.3 is 11.9 Å². The van der Waals surface area contributed by atoms with E-state index in [4.69, 9.17) is 9.84 Å². The van der Waals surface area contributed by atoms with Crippen LogP contribution >= 0.6 is 25.3 Å². The van der Waals surface area contributed by atoms with Crippen molar-refractivity contribution in [3.8, 4) is 0 Å². The Balaban J connectivity index is 3.27. The molecular weight excluding hydrogens is 524 g/mol. The number of carbonyl (C=O) groups excluding carboxylic acids is 5. The Kier molecular flexibility index (Phi) is 14.7. The summed E-state index contributed by atoms with van der Waals surface area (Å²) in [6, 6.07) is -3.47. The number of aliphatic carboxylic acids is 1. The molecule has 14 heteroatoms. The van der Waals surface area contributed by atoms with Crippen molar-refractivity contribution in [2.75, 3.05) is 18.1 Å². The van der Waals surface area contributed by atoms with Gasteiger partial charge in [0.2, 0.25) is 23.6 Å². The minimum atomic E-state index is -1.28. The number of esters is 1. The average Bonchev–Trinajstić information content (AvgIpc) is 2.83. The molecule has 0 aromatic rings. The van der Waals surface area contributed by atoms with E-state index >= 15 is 0 Å². The third-order valence-electron chi connectivity index (χ3n) is 5.32. The number of cyclic esters (lactones) is 1. The third-order valence-corrected chi connectivity index (χ3v) is 6.00. The van der Waals surface area contributed by atoms with E-state index in [1.165, 1.54) is 6.08 Å². The molecule has 1 saturated heterocycles. The largest absolute Gasteiger partial charge is 0.481 e. The van der Waals surface area contributed by atoms with Gasteiger partial charge in [-0.25, -0.2) is 0 Å². The fourth-order valence-electron chi connectivity index (χ4n) is 3.31. The maximum absolute atomic E-state index is 12.9. The Morgan fingerprint density at radius 3 is 2.32 bits per heavy atom. The van der Waals surface area contributed by atoms with Gasteiger partial charge in [0.1, 0.15) is 30.8 Å². The summed E-state index contributed by atoms with van der Waals surface area (Å²) in [4.78, 5) is 74.7. The monoisotopic (exact) mass is 560 g/mol. The number of carboxylic acid groups (broad SMARTS) is 1. The summed E-state index contributed by atoms with van der Waals surface area (Å²) >= 11 is 8.23. The van der Waals surface area contributed by atoms with Crippen molar-refractivity contribution in [3.63, 3.8) is 0 Å². The highest BCUT2D eigenvalue weighted by atomic mass is 32.1. The molecule has 4 amide bonds. The summed E-state index contributed by atoms with van der Waals surface area (Å²) in [6.45, 7) is 2.89. The van der Waals surface area contributed by atoms with Gasteiger partial charge in [0.05, 0.1) is 6.42 Å². The molecule has 12 nitrogen and oxygen atoms in total. The number of carbonyl (C=O) groups is 6. The highest BCUT2D eigenvalue weighted by molar-refractivity contribution is 7.80. The summed E-state index contributed by atoms with van der Waals surface area (Å²) in [6.07, 6.45) is 2.64. The number of carboxylic acids is 1. The summed E-state index contributed by atoms with van der Waals surface area (Å²) < 4.78 is 5.35. The number of ether oxygens (including phenoxy) is 1. The molecule has 1 rings (SSSR count). The smallest absolute Gasteiger partial charge is 0.326 e. The fourth-order valence-corrected chi connectivity index (χ4v) is 3.75. The van der Waals surface area contributed by atoms with Crippen LogP contribution in [0.25, 0.3) is 0 Å². The predicted octanol–water partition coefficient (Wildman–Crippen LogP) is -0.411. The van der Waals surface area contributed by atoms with Gasteiger partial charge in [-0.1, -0.05) is 19.9 Å². The highest BCUT2D eigenvalue weighted by Gasteiger charge is 2.31. The van der Waals surface area contributed by atoms with E-state index < -0.39 is 72.8 Å². The molecular formula is C23H36N4O8S2. The number of allylic oxidation sites excluding steroid dienone is 1. The number of amides is 4. The second kappa shape index (κ2) is 16.9. The Hall–Kier alpha value is -2.74. The van der Waals surface area contributed by atoms with Crippen LogP contribution in [-0.4, -0.2) is 83.0 Å². The molecule has 1 aliphatic rings. The van der Waals surface area contributed by atoms with Crippen LogP contribution < -0.4 is 21.3 Å². The van der Waals surface area contributed by atoms with Gasteiger partial charge < -0.3 is 31.1 Å². The van der Waals surface area contributed by atoms with Gasteiger partial charge in [-0.15, -0.1) is 0 Å². The van der Waals surface area contributed by atoms with Crippen molar-refractivity contribution in [2.24, 2.45) is 5.92 Å². The predicted molar refractivity (Wildman–Crippen MR) is 141 cm³/mol. The zero-order chi connectivity index (χ0) is 28.0. The van der Waals surface area contributed by atoms with E-state index in [1.807, 2.05) is 0 Å². The summed E-state index contributed by atoms with van der Waals surface area (Å²) in [5, 5.41) is 19.0. The number of unbranched alkanes of at least 4 members (excludes halogenated alkanes) is 1. The van der Waals surface area contributed by atoms with Crippen molar-refractivity contribution < 1.29 is 38.6 Å². The fraction of sp³-hybridized carbons (Fsp3) is 0.652. The second-order valence-electron chi connectivity index (χ2n) is 8.77. The number of nitrogens with one attached hydrogen (secondary N) is 4. The lowest BCUT2D eigenvalue weighted by atomic mass is 10.0. The van der Waals surface area contributed by atoms with Crippen LogP contribution in [0.4, 0.5) is 0 Å². The Labute approximate surface area is 226 Å². The topological polar surface area (TPSA) is 180 Å². The molecule has 1 heterocycles. The van der Waals surface area contributed by atoms with Crippen molar-refractivity contribution in [3.05, 3.63) is 12.2 Å². The minimum Gasteiger partial charge on any atom is -0.481 e. The molecule has 0 aromatic heterocycles. The van der Waals surface area contributed by atoms with Gasteiger partial charge in [0.15, 0.2) is 0 Å². The SMILES string of the molecule is CC(C)[C@@H]1NC(=O)[C@H](CS)NC(=O)[C@H](CCC(=O)O)NC(=O)CC(/C=C/CCCS)OC(=O)CNC1=O. The quantitative estimate of drug-likeness (QED) is 0.0860. The molecule has 1 fully saturated rings. The van der Waals surface area contributed by atoms with Crippen LogP contribution in [-0.2, 0) is 33.5 Å². The molecule has 0 aromatic carbocycles. The molecule has 0 saturated carbocycles. The first-order valence-electron chi connectivity index (χ1n) is 12.0. The van der Waals surface area contributed by atoms with Crippen LogP contribution in [0.15, 0.2) is 12.2 Å². The van der Waals surface area contributed by atoms with Gasteiger partial charge in [-0.3, -0.25) is 28.8 Å². The van der Waals surface area contributed by atoms with E-state index in [1.54, 1.807) is 19.9 Å². The van der Waals surface area contributed by atoms with E-state index in [2.05, 4.69) is 46.5 Å². The number of thiol groups is 2. The normalized spacial score (nSPS) is 24.7. The van der Waals surface area contributed by atoms with Crippen LogP contribution in [0.5, 0.6) is 0 Å². The first-order chi connectivity index (χ1) is 17.5. The molecule has 5 N–H and O–H groups in total.